The Balaban J connectivity index is 1.59. The Morgan fingerprint density at radius 3 is 2.59 bits per heavy atom. The molecule has 0 spiro atoms. The third-order valence-corrected chi connectivity index (χ3v) is 6.46. The van der Waals surface area contributed by atoms with Crippen molar-refractivity contribution in [3.63, 3.8) is 0 Å². The molecule has 6 nitrogen and oxygen atoms in total. The molecule has 0 saturated carbocycles. The number of aryl methyl sites for hydroxylation is 1. The predicted molar refractivity (Wildman–Crippen MR) is 111 cm³/mol. The molecule has 2 aromatic rings. The Labute approximate surface area is 172 Å². The van der Waals surface area contributed by atoms with Crippen molar-refractivity contribution in [3.05, 3.63) is 54.4 Å². The van der Waals surface area contributed by atoms with Gasteiger partial charge in [-0.25, -0.2) is 0 Å². The molecule has 0 bridgehead atoms. The van der Waals surface area contributed by atoms with E-state index in [0.29, 0.717) is 13.0 Å². The summed E-state index contributed by atoms with van der Waals surface area (Å²) in [7, 11) is 0. The first kappa shape index (κ1) is 19.7. The van der Waals surface area contributed by atoms with Crippen molar-refractivity contribution < 1.29 is 9.59 Å². The fourth-order valence-corrected chi connectivity index (χ4v) is 5.13. The fraction of sp³-hybridized carbons (Fsp3) is 0.522. The number of carbonyl (C=O) groups is 2. The Kier molecular flexibility index (Phi) is 5.97. The van der Waals surface area contributed by atoms with Gasteiger partial charge in [0.05, 0.1) is 12.1 Å². The van der Waals surface area contributed by atoms with Crippen molar-refractivity contribution in [2.45, 2.75) is 63.6 Å². The minimum atomic E-state index is 0.0554. The topological polar surface area (TPSA) is 58.4 Å². The van der Waals surface area contributed by atoms with Gasteiger partial charge in [0, 0.05) is 51.3 Å². The number of hydrogen-bond donors (Lipinski definition) is 0. The number of benzene rings is 1. The lowest BCUT2D eigenvalue weighted by Crippen LogP contribution is -2.60. The highest BCUT2D eigenvalue weighted by molar-refractivity contribution is 5.77. The molecule has 2 amide bonds. The Hall–Kier alpha value is -2.63. The van der Waals surface area contributed by atoms with Gasteiger partial charge in [-0.3, -0.25) is 14.3 Å². The standard InChI is InChI=1S/C23H30N4O2/c1-18(28)26-15-6-5-10-21-23(26)20(19-8-3-2-4-9-19)11-17-27(21)22(29)12-16-25-14-7-13-24-25/h2-4,7-9,13-14,20-21,23H,5-6,10-12,15-17H2,1H3/t20-,21-,23-/m1/s1. The lowest BCUT2D eigenvalue weighted by Gasteiger charge is -2.49. The summed E-state index contributed by atoms with van der Waals surface area (Å²) in [5.74, 6) is 0.569. The molecule has 2 fully saturated rings. The Morgan fingerprint density at radius 1 is 1.03 bits per heavy atom. The van der Waals surface area contributed by atoms with Crippen LogP contribution in [-0.2, 0) is 16.1 Å². The maximum absolute atomic E-state index is 13.2. The molecule has 2 aliphatic heterocycles. The van der Waals surface area contributed by atoms with Crippen LogP contribution in [0.3, 0.4) is 0 Å². The maximum Gasteiger partial charge on any atom is 0.224 e. The molecule has 2 aliphatic rings. The maximum atomic E-state index is 13.2. The molecule has 4 rings (SSSR count). The van der Waals surface area contributed by atoms with Crippen LogP contribution in [0.4, 0.5) is 0 Å². The average Bonchev–Trinajstić information content (AvgIpc) is 3.16. The minimum Gasteiger partial charge on any atom is -0.338 e. The lowest BCUT2D eigenvalue weighted by atomic mass is 9.78. The third-order valence-electron chi connectivity index (χ3n) is 6.46. The predicted octanol–water partition coefficient (Wildman–Crippen LogP) is 3.06. The quantitative estimate of drug-likeness (QED) is 0.801. The second-order valence-corrected chi connectivity index (χ2v) is 8.18. The van der Waals surface area contributed by atoms with Gasteiger partial charge in [0.2, 0.25) is 11.8 Å². The number of carbonyl (C=O) groups excluding carboxylic acids is 2. The SMILES string of the molecule is CC(=O)N1CCCC[C@@H]2[C@H]1[C@@H](c1ccccc1)CCN2C(=O)CCn1cccn1. The van der Waals surface area contributed by atoms with Crippen molar-refractivity contribution in [3.8, 4) is 0 Å². The second kappa shape index (κ2) is 8.80. The van der Waals surface area contributed by atoms with E-state index in [-0.39, 0.29) is 29.8 Å². The second-order valence-electron chi connectivity index (χ2n) is 8.18. The van der Waals surface area contributed by atoms with Gasteiger partial charge in [-0.15, -0.1) is 0 Å². The average molecular weight is 395 g/mol. The fourth-order valence-electron chi connectivity index (χ4n) is 5.13. The van der Waals surface area contributed by atoms with Crippen molar-refractivity contribution >= 4 is 11.8 Å². The minimum absolute atomic E-state index is 0.0554. The summed E-state index contributed by atoms with van der Waals surface area (Å²) in [4.78, 5) is 29.8. The summed E-state index contributed by atoms with van der Waals surface area (Å²) in [5.41, 5.74) is 1.28. The van der Waals surface area contributed by atoms with E-state index in [9.17, 15) is 9.59 Å². The number of likely N-dealkylation sites (tertiary alicyclic amines) is 2. The largest absolute Gasteiger partial charge is 0.338 e. The number of amides is 2. The van der Waals surface area contributed by atoms with Crippen molar-refractivity contribution in [1.82, 2.24) is 19.6 Å². The molecule has 3 heterocycles. The third kappa shape index (κ3) is 4.21. The number of rotatable bonds is 4. The summed E-state index contributed by atoms with van der Waals surface area (Å²) in [6, 6.07) is 12.5. The van der Waals surface area contributed by atoms with E-state index in [0.717, 1.165) is 38.8 Å². The molecule has 1 aromatic carbocycles. The summed E-state index contributed by atoms with van der Waals surface area (Å²) < 4.78 is 1.81. The van der Waals surface area contributed by atoms with Gasteiger partial charge in [0.15, 0.2) is 0 Å². The van der Waals surface area contributed by atoms with Crippen molar-refractivity contribution in [1.29, 1.82) is 0 Å². The first-order chi connectivity index (χ1) is 14.1. The van der Waals surface area contributed by atoms with Gasteiger partial charge < -0.3 is 9.80 Å². The van der Waals surface area contributed by atoms with Gasteiger partial charge in [0.1, 0.15) is 0 Å². The van der Waals surface area contributed by atoms with Crippen LogP contribution in [0.1, 0.15) is 50.5 Å². The highest BCUT2D eigenvalue weighted by atomic mass is 16.2. The van der Waals surface area contributed by atoms with E-state index in [2.05, 4.69) is 34.3 Å². The first-order valence-electron chi connectivity index (χ1n) is 10.7. The summed E-state index contributed by atoms with van der Waals surface area (Å²) in [5, 5.41) is 4.21. The lowest BCUT2D eigenvalue weighted by molar-refractivity contribution is -0.143. The number of aromatic nitrogens is 2. The van der Waals surface area contributed by atoms with E-state index in [1.165, 1.54) is 5.56 Å². The molecule has 6 heteroatoms. The summed E-state index contributed by atoms with van der Waals surface area (Å²) >= 11 is 0. The Bertz CT molecular complexity index is 821. The molecule has 29 heavy (non-hydrogen) atoms. The summed E-state index contributed by atoms with van der Waals surface area (Å²) in [6.07, 6.45) is 7.98. The zero-order chi connectivity index (χ0) is 20.2. The summed E-state index contributed by atoms with van der Waals surface area (Å²) in [6.45, 7) is 3.81. The van der Waals surface area contributed by atoms with Crippen LogP contribution in [-0.4, -0.2) is 56.6 Å². The smallest absolute Gasteiger partial charge is 0.224 e. The van der Waals surface area contributed by atoms with Crippen LogP contribution in [0.25, 0.3) is 0 Å². The van der Waals surface area contributed by atoms with E-state index in [1.54, 1.807) is 17.8 Å². The Morgan fingerprint density at radius 2 is 1.86 bits per heavy atom. The van der Waals surface area contributed by atoms with Crippen LogP contribution >= 0.6 is 0 Å². The molecule has 0 unspecified atom stereocenters. The van der Waals surface area contributed by atoms with Crippen LogP contribution in [0.5, 0.6) is 0 Å². The van der Waals surface area contributed by atoms with Crippen LogP contribution < -0.4 is 0 Å². The van der Waals surface area contributed by atoms with Gasteiger partial charge in [-0.1, -0.05) is 30.3 Å². The molecule has 0 aliphatic carbocycles. The molecule has 0 N–H and O–H groups in total. The normalized spacial score (nSPS) is 24.7. The number of nitrogens with zero attached hydrogens (tertiary/aromatic N) is 4. The molecule has 1 aromatic heterocycles. The van der Waals surface area contributed by atoms with Gasteiger partial charge in [0.25, 0.3) is 0 Å². The molecular formula is C23H30N4O2. The van der Waals surface area contributed by atoms with Crippen LogP contribution in [0.15, 0.2) is 48.8 Å². The number of piperidine rings is 1. The van der Waals surface area contributed by atoms with Crippen LogP contribution in [0.2, 0.25) is 0 Å². The zero-order valence-corrected chi connectivity index (χ0v) is 17.1. The van der Waals surface area contributed by atoms with E-state index in [1.807, 2.05) is 23.2 Å². The zero-order valence-electron chi connectivity index (χ0n) is 17.1. The molecule has 3 atom stereocenters. The van der Waals surface area contributed by atoms with Crippen molar-refractivity contribution in [2.75, 3.05) is 13.1 Å². The number of hydrogen-bond acceptors (Lipinski definition) is 3. The monoisotopic (exact) mass is 394 g/mol. The highest BCUT2D eigenvalue weighted by Gasteiger charge is 2.45. The molecule has 154 valence electrons. The molecule has 0 radical (unpaired) electrons. The van der Waals surface area contributed by atoms with Gasteiger partial charge in [-0.05, 0) is 37.3 Å². The molecule has 2 saturated heterocycles. The van der Waals surface area contributed by atoms with Gasteiger partial charge >= 0.3 is 0 Å². The van der Waals surface area contributed by atoms with Crippen LogP contribution in [0, 0.1) is 0 Å². The first-order valence-corrected chi connectivity index (χ1v) is 10.7. The highest BCUT2D eigenvalue weighted by Crippen LogP contribution is 2.39. The van der Waals surface area contributed by atoms with Crippen molar-refractivity contribution in [2.24, 2.45) is 0 Å². The van der Waals surface area contributed by atoms with E-state index < -0.39 is 0 Å². The molecular weight excluding hydrogens is 364 g/mol. The van der Waals surface area contributed by atoms with E-state index in [4.69, 9.17) is 0 Å². The van der Waals surface area contributed by atoms with Gasteiger partial charge in [-0.2, -0.15) is 5.10 Å². The number of fused-ring (bicyclic) bond motifs is 1. The van der Waals surface area contributed by atoms with E-state index >= 15 is 0 Å².